The molecule has 0 radical (unpaired) electrons. The highest BCUT2D eigenvalue weighted by Crippen LogP contribution is 2.43. The molecule has 2 N–H and O–H groups in total. The second-order valence-corrected chi connectivity index (χ2v) is 8.66. The molecule has 7 nitrogen and oxygen atoms in total. The van der Waals surface area contributed by atoms with Crippen molar-refractivity contribution < 1.29 is 19.4 Å². The summed E-state index contributed by atoms with van der Waals surface area (Å²) in [5.41, 5.74) is 6.18. The van der Waals surface area contributed by atoms with E-state index in [9.17, 15) is 9.90 Å². The van der Waals surface area contributed by atoms with Crippen LogP contribution >= 0.6 is 0 Å². The molecule has 0 fully saturated rings. The maximum Gasteiger partial charge on any atom is 0.273 e. The number of fused-ring (bicyclic) bond motifs is 1. The van der Waals surface area contributed by atoms with Gasteiger partial charge in [-0.3, -0.25) is 9.89 Å². The first-order chi connectivity index (χ1) is 17.0. The average molecular weight is 470 g/mol. The van der Waals surface area contributed by atoms with Crippen molar-refractivity contribution in [1.29, 1.82) is 0 Å². The molecule has 0 saturated carbocycles. The molecule has 1 aliphatic heterocycles. The molecular formula is C28H27N3O4. The van der Waals surface area contributed by atoms with Crippen LogP contribution in [0.4, 0.5) is 0 Å². The van der Waals surface area contributed by atoms with E-state index in [-0.39, 0.29) is 17.7 Å². The molecule has 7 heteroatoms. The van der Waals surface area contributed by atoms with Crippen molar-refractivity contribution in [3.63, 3.8) is 0 Å². The van der Waals surface area contributed by atoms with Gasteiger partial charge in [0, 0.05) is 17.7 Å². The minimum Gasteiger partial charge on any atom is -0.508 e. The van der Waals surface area contributed by atoms with E-state index in [1.54, 1.807) is 26.4 Å². The molecule has 0 bridgehead atoms. The molecule has 178 valence electrons. The van der Waals surface area contributed by atoms with Crippen molar-refractivity contribution in [3.8, 4) is 28.5 Å². The summed E-state index contributed by atoms with van der Waals surface area (Å²) in [5.74, 6) is 1.41. The number of aryl methyl sites for hydroxylation is 1. The number of aromatic amines is 1. The number of amides is 1. The second-order valence-electron chi connectivity index (χ2n) is 8.66. The van der Waals surface area contributed by atoms with Gasteiger partial charge in [0.05, 0.1) is 26.0 Å². The summed E-state index contributed by atoms with van der Waals surface area (Å²) in [6, 6.07) is 20.6. The Kier molecular flexibility index (Phi) is 5.91. The quantitative estimate of drug-likeness (QED) is 0.402. The van der Waals surface area contributed by atoms with E-state index >= 15 is 0 Å². The number of hydrogen-bond acceptors (Lipinski definition) is 5. The van der Waals surface area contributed by atoms with E-state index in [0.29, 0.717) is 30.2 Å². The minimum absolute atomic E-state index is 0.0931. The number of benzene rings is 3. The Morgan fingerprint density at radius 2 is 1.69 bits per heavy atom. The van der Waals surface area contributed by atoms with Crippen LogP contribution in [0.3, 0.4) is 0 Å². The highest BCUT2D eigenvalue weighted by atomic mass is 16.5. The molecule has 0 aliphatic carbocycles. The number of ether oxygens (including phenoxy) is 2. The summed E-state index contributed by atoms with van der Waals surface area (Å²) in [4.78, 5) is 15.4. The Morgan fingerprint density at radius 3 is 2.37 bits per heavy atom. The number of nitrogens with one attached hydrogen (secondary N) is 1. The number of phenolic OH excluding ortho intramolecular Hbond substituents is 1. The SMILES string of the molecule is COc1ccc(CCN2C(=O)c3[nH]nc(-c4ccc(C)cc4)c3C2c2ccc(O)cc2)cc1OC. The monoisotopic (exact) mass is 469 g/mol. The second kappa shape index (κ2) is 9.18. The number of carbonyl (C=O) groups is 1. The van der Waals surface area contributed by atoms with Gasteiger partial charge in [0.25, 0.3) is 5.91 Å². The normalized spacial score (nSPS) is 14.8. The first-order valence-corrected chi connectivity index (χ1v) is 11.5. The van der Waals surface area contributed by atoms with Crippen LogP contribution in [0.5, 0.6) is 17.2 Å². The van der Waals surface area contributed by atoms with Gasteiger partial charge in [0.15, 0.2) is 11.5 Å². The van der Waals surface area contributed by atoms with Crippen LogP contribution in [-0.2, 0) is 6.42 Å². The molecular weight excluding hydrogens is 442 g/mol. The summed E-state index contributed by atoms with van der Waals surface area (Å²) >= 11 is 0. The lowest BCUT2D eigenvalue weighted by molar-refractivity contribution is 0.0746. The zero-order valence-corrected chi connectivity index (χ0v) is 19.9. The number of nitrogens with zero attached hydrogens (tertiary/aromatic N) is 2. The largest absolute Gasteiger partial charge is 0.508 e. The molecule has 1 unspecified atom stereocenters. The van der Waals surface area contributed by atoms with Crippen molar-refractivity contribution in [2.24, 2.45) is 0 Å². The van der Waals surface area contributed by atoms with Crippen LogP contribution in [0.15, 0.2) is 66.7 Å². The number of aromatic hydroxyl groups is 1. The molecule has 0 spiro atoms. The van der Waals surface area contributed by atoms with E-state index in [0.717, 1.165) is 33.5 Å². The topological polar surface area (TPSA) is 87.7 Å². The Morgan fingerprint density at radius 1 is 0.971 bits per heavy atom. The van der Waals surface area contributed by atoms with Crippen molar-refractivity contribution in [3.05, 3.63) is 94.7 Å². The zero-order chi connectivity index (χ0) is 24.5. The first-order valence-electron chi connectivity index (χ1n) is 11.5. The highest BCUT2D eigenvalue weighted by molar-refractivity contribution is 6.00. The molecule has 2 heterocycles. The maximum atomic E-state index is 13.6. The number of rotatable bonds is 7. The molecule has 1 aromatic heterocycles. The molecule has 1 aliphatic rings. The Hall–Kier alpha value is -4.26. The third-order valence-electron chi connectivity index (χ3n) is 6.49. The number of H-pyrrole nitrogens is 1. The summed E-state index contributed by atoms with van der Waals surface area (Å²) in [6.45, 7) is 2.53. The van der Waals surface area contributed by atoms with E-state index in [2.05, 4.69) is 10.2 Å². The highest BCUT2D eigenvalue weighted by Gasteiger charge is 2.41. The van der Waals surface area contributed by atoms with Crippen molar-refractivity contribution in [2.45, 2.75) is 19.4 Å². The summed E-state index contributed by atoms with van der Waals surface area (Å²) < 4.78 is 10.8. The van der Waals surface area contributed by atoms with E-state index < -0.39 is 0 Å². The van der Waals surface area contributed by atoms with Gasteiger partial charge in [-0.2, -0.15) is 5.10 Å². The molecule has 35 heavy (non-hydrogen) atoms. The summed E-state index contributed by atoms with van der Waals surface area (Å²) in [7, 11) is 3.22. The van der Waals surface area contributed by atoms with Crippen LogP contribution in [0.2, 0.25) is 0 Å². The van der Waals surface area contributed by atoms with E-state index in [1.807, 2.05) is 66.4 Å². The van der Waals surface area contributed by atoms with Crippen molar-refractivity contribution >= 4 is 5.91 Å². The van der Waals surface area contributed by atoms with Gasteiger partial charge in [-0.05, 0) is 48.7 Å². The molecule has 3 aromatic carbocycles. The van der Waals surface area contributed by atoms with Crippen molar-refractivity contribution in [2.75, 3.05) is 20.8 Å². The Labute approximate surface area is 203 Å². The van der Waals surface area contributed by atoms with E-state index in [4.69, 9.17) is 9.47 Å². The summed E-state index contributed by atoms with van der Waals surface area (Å²) in [5, 5.41) is 17.4. The van der Waals surface area contributed by atoms with Crippen LogP contribution in [0.25, 0.3) is 11.3 Å². The van der Waals surface area contributed by atoms with Gasteiger partial charge < -0.3 is 19.5 Å². The van der Waals surface area contributed by atoms with Gasteiger partial charge >= 0.3 is 0 Å². The van der Waals surface area contributed by atoms with Gasteiger partial charge in [-0.1, -0.05) is 48.0 Å². The van der Waals surface area contributed by atoms with E-state index in [1.165, 1.54) is 0 Å². The van der Waals surface area contributed by atoms with Crippen LogP contribution in [0.1, 0.15) is 38.8 Å². The minimum atomic E-state index is -0.326. The van der Waals surface area contributed by atoms with Crippen LogP contribution in [0, 0.1) is 6.92 Å². The number of phenols is 1. The number of hydrogen-bond donors (Lipinski definition) is 2. The number of aromatic nitrogens is 2. The number of methoxy groups -OCH3 is 2. The fourth-order valence-electron chi connectivity index (χ4n) is 4.65. The number of carbonyl (C=O) groups excluding carboxylic acids is 1. The van der Waals surface area contributed by atoms with Gasteiger partial charge in [0.1, 0.15) is 11.4 Å². The van der Waals surface area contributed by atoms with Gasteiger partial charge in [-0.25, -0.2) is 0 Å². The smallest absolute Gasteiger partial charge is 0.273 e. The lowest BCUT2D eigenvalue weighted by atomic mass is 9.95. The molecule has 4 aromatic rings. The average Bonchev–Trinajstić information content (AvgIpc) is 3.42. The molecule has 5 rings (SSSR count). The predicted octanol–water partition coefficient (Wildman–Crippen LogP) is 4.90. The fourth-order valence-corrected chi connectivity index (χ4v) is 4.65. The molecule has 0 saturated heterocycles. The lowest BCUT2D eigenvalue weighted by Gasteiger charge is -2.26. The van der Waals surface area contributed by atoms with Crippen LogP contribution < -0.4 is 9.47 Å². The summed E-state index contributed by atoms with van der Waals surface area (Å²) in [6.07, 6.45) is 0.637. The maximum absolute atomic E-state index is 13.6. The first kappa shape index (κ1) is 22.5. The third-order valence-corrected chi connectivity index (χ3v) is 6.49. The third kappa shape index (κ3) is 4.10. The standard InChI is InChI=1S/C28H27N3O4/c1-17-4-7-19(8-5-17)25-24-26(30-29-25)28(33)31(27(24)20-9-11-21(32)12-10-20)15-14-18-6-13-22(34-2)23(16-18)35-3/h4-13,16,27,32H,14-15H2,1-3H3,(H,29,30). The van der Waals surface area contributed by atoms with Crippen LogP contribution in [-0.4, -0.2) is 46.9 Å². The lowest BCUT2D eigenvalue weighted by Crippen LogP contribution is -2.31. The predicted molar refractivity (Wildman–Crippen MR) is 133 cm³/mol. The fraction of sp³-hybridized carbons (Fsp3) is 0.214. The molecule has 1 amide bonds. The Balaban J connectivity index is 1.52. The Bertz CT molecular complexity index is 1360. The van der Waals surface area contributed by atoms with Gasteiger partial charge in [-0.15, -0.1) is 0 Å². The molecule has 1 atom stereocenters. The van der Waals surface area contributed by atoms with Gasteiger partial charge in [0.2, 0.25) is 0 Å². The zero-order valence-electron chi connectivity index (χ0n) is 19.9. The van der Waals surface area contributed by atoms with Crippen molar-refractivity contribution in [1.82, 2.24) is 15.1 Å².